The van der Waals surface area contributed by atoms with E-state index in [1.54, 1.807) is 0 Å². The van der Waals surface area contributed by atoms with Gasteiger partial charge in [0.1, 0.15) is 5.75 Å². The maximum absolute atomic E-state index is 8.47. The molecule has 0 saturated heterocycles. The second-order valence-electron chi connectivity index (χ2n) is 5.26. The topological polar surface area (TPSA) is 71.1 Å². The monoisotopic (exact) mass is 275 g/mol. The van der Waals surface area contributed by atoms with Gasteiger partial charge in [0.15, 0.2) is 0 Å². The highest BCUT2D eigenvalue weighted by molar-refractivity contribution is 5.48. The van der Waals surface area contributed by atoms with Crippen LogP contribution in [0, 0.1) is 23.2 Å². The number of unbranched alkanes of at least 4 members (excludes halogenated alkanes) is 1. The average molecular weight is 275 g/mol. The van der Waals surface area contributed by atoms with Crippen molar-refractivity contribution < 1.29 is 4.74 Å². The minimum atomic E-state index is 0.468. The Hall–Kier alpha value is -1.73. The van der Waals surface area contributed by atoms with Gasteiger partial charge in [-0.1, -0.05) is 19.9 Å². The molecule has 0 radical (unpaired) electrons. The van der Waals surface area contributed by atoms with Crippen molar-refractivity contribution in [2.75, 3.05) is 25.0 Å². The van der Waals surface area contributed by atoms with Crippen LogP contribution in [0.15, 0.2) is 24.3 Å². The second-order valence-corrected chi connectivity index (χ2v) is 5.26. The first-order chi connectivity index (χ1) is 9.67. The lowest BCUT2D eigenvalue weighted by atomic mass is 9.96. The van der Waals surface area contributed by atoms with Crippen LogP contribution in [-0.2, 0) is 0 Å². The predicted octanol–water partition coefficient (Wildman–Crippen LogP) is 3.01. The molecule has 0 aliphatic heterocycles. The molecule has 0 spiro atoms. The van der Waals surface area contributed by atoms with E-state index in [9.17, 15) is 0 Å². The highest BCUT2D eigenvalue weighted by atomic mass is 16.5. The van der Waals surface area contributed by atoms with Crippen molar-refractivity contribution in [3.05, 3.63) is 24.3 Å². The van der Waals surface area contributed by atoms with E-state index < -0.39 is 0 Å². The van der Waals surface area contributed by atoms with Crippen molar-refractivity contribution in [2.24, 2.45) is 17.6 Å². The second kappa shape index (κ2) is 9.22. The summed E-state index contributed by atoms with van der Waals surface area (Å²) in [6.07, 6.45) is 1.29. The number of ether oxygens (including phenoxy) is 1. The van der Waals surface area contributed by atoms with Gasteiger partial charge in [0.25, 0.3) is 0 Å². The summed E-state index contributed by atoms with van der Waals surface area (Å²) in [5.74, 6) is 1.87. The lowest BCUT2D eigenvalue weighted by Gasteiger charge is -2.20. The summed E-state index contributed by atoms with van der Waals surface area (Å²) < 4.78 is 5.61. The molecule has 20 heavy (non-hydrogen) atoms. The van der Waals surface area contributed by atoms with Crippen LogP contribution in [0.1, 0.15) is 26.7 Å². The molecule has 110 valence electrons. The van der Waals surface area contributed by atoms with Gasteiger partial charge in [0.05, 0.1) is 12.7 Å². The molecule has 0 aliphatic carbocycles. The summed E-state index contributed by atoms with van der Waals surface area (Å²) in [6.45, 7) is 6.51. The normalized spacial score (nSPS) is 11.9. The average Bonchev–Trinajstić information content (AvgIpc) is 2.44. The quantitative estimate of drug-likeness (QED) is 0.680. The number of hydrogen-bond acceptors (Lipinski definition) is 4. The molecule has 0 bridgehead atoms. The van der Waals surface area contributed by atoms with E-state index in [2.05, 4.69) is 25.2 Å². The Morgan fingerprint density at radius 2 is 2.20 bits per heavy atom. The fraction of sp³-hybridized carbons (Fsp3) is 0.562. The van der Waals surface area contributed by atoms with Gasteiger partial charge in [-0.15, -0.1) is 0 Å². The molecule has 1 atom stereocenters. The summed E-state index contributed by atoms with van der Waals surface area (Å²) in [5, 5.41) is 11.9. The molecule has 0 saturated carbocycles. The van der Waals surface area contributed by atoms with Crippen LogP contribution < -0.4 is 15.8 Å². The third-order valence-electron chi connectivity index (χ3n) is 3.35. The summed E-state index contributed by atoms with van der Waals surface area (Å²) in [6, 6.07) is 10.0. The fourth-order valence-electron chi connectivity index (χ4n) is 1.88. The van der Waals surface area contributed by atoms with E-state index in [1.165, 1.54) is 0 Å². The number of rotatable bonds is 9. The Labute approximate surface area is 121 Å². The fourth-order valence-corrected chi connectivity index (χ4v) is 1.88. The zero-order valence-electron chi connectivity index (χ0n) is 12.4. The van der Waals surface area contributed by atoms with Crippen LogP contribution in [0.25, 0.3) is 0 Å². The van der Waals surface area contributed by atoms with Gasteiger partial charge >= 0.3 is 0 Å². The maximum atomic E-state index is 8.47. The van der Waals surface area contributed by atoms with Crippen LogP contribution >= 0.6 is 0 Å². The Balaban J connectivity index is 2.45. The molecule has 1 aromatic carbocycles. The minimum absolute atomic E-state index is 0.468. The summed E-state index contributed by atoms with van der Waals surface area (Å²) in [5.41, 5.74) is 6.81. The van der Waals surface area contributed by atoms with Crippen molar-refractivity contribution >= 4 is 5.69 Å². The van der Waals surface area contributed by atoms with E-state index in [0.717, 1.165) is 24.4 Å². The Kier molecular flexibility index (Phi) is 7.52. The highest BCUT2D eigenvalue weighted by Crippen LogP contribution is 2.19. The molecule has 0 aliphatic rings. The SMILES string of the molecule is CC(C)C(CN)CNc1cccc(OCCCC#N)c1. The number of benzene rings is 1. The van der Waals surface area contributed by atoms with Crippen molar-refractivity contribution in [2.45, 2.75) is 26.7 Å². The summed E-state index contributed by atoms with van der Waals surface area (Å²) in [4.78, 5) is 0. The maximum Gasteiger partial charge on any atom is 0.121 e. The number of nitrogens with zero attached hydrogens (tertiary/aromatic N) is 1. The first kappa shape index (κ1) is 16.3. The number of anilines is 1. The lowest BCUT2D eigenvalue weighted by molar-refractivity contribution is 0.313. The molecule has 4 nitrogen and oxygen atoms in total. The van der Waals surface area contributed by atoms with E-state index >= 15 is 0 Å². The van der Waals surface area contributed by atoms with Gasteiger partial charge in [-0.25, -0.2) is 0 Å². The van der Waals surface area contributed by atoms with Gasteiger partial charge < -0.3 is 15.8 Å². The van der Waals surface area contributed by atoms with E-state index in [0.29, 0.717) is 31.4 Å². The third kappa shape index (κ3) is 5.94. The zero-order valence-corrected chi connectivity index (χ0v) is 12.4. The van der Waals surface area contributed by atoms with Crippen molar-refractivity contribution in [1.82, 2.24) is 0 Å². The molecular weight excluding hydrogens is 250 g/mol. The summed E-state index contributed by atoms with van der Waals surface area (Å²) in [7, 11) is 0. The largest absolute Gasteiger partial charge is 0.493 e. The molecular formula is C16H25N3O. The van der Waals surface area contributed by atoms with Crippen LogP contribution in [0.5, 0.6) is 5.75 Å². The van der Waals surface area contributed by atoms with E-state index in [1.807, 2.05) is 24.3 Å². The van der Waals surface area contributed by atoms with Gasteiger partial charge in [0, 0.05) is 24.7 Å². The summed E-state index contributed by atoms with van der Waals surface area (Å²) >= 11 is 0. The lowest BCUT2D eigenvalue weighted by Crippen LogP contribution is -2.27. The predicted molar refractivity (Wildman–Crippen MR) is 82.7 cm³/mol. The molecule has 0 amide bonds. The van der Waals surface area contributed by atoms with Crippen molar-refractivity contribution in [1.29, 1.82) is 5.26 Å². The van der Waals surface area contributed by atoms with Gasteiger partial charge in [-0.3, -0.25) is 0 Å². The molecule has 4 heteroatoms. The molecule has 3 N–H and O–H groups in total. The number of nitrogens with two attached hydrogens (primary N) is 1. The smallest absolute Gasteiger partial charge is 0.121 e. The molecule has 1 aromatic rings. The number of nitrogens with one attached hydrogen (secondary N) is 1. The van der Waals surface area contributed by atoms with Crippen LogP contribution in [0.4, 0.5) is 5.69 Å². The first-order valence-electron chi connectivity index (χ1n) is 7.21. The van der Waals surface area contributed by atoms with Crippen LogP contribution in [0.3, 0.4) is 0 Å². The Morgan fingerprint density at radius 3 is 2.85 bits per heavy atom. The number of nitriles is 1. The molecule has 0 fully saturated rings. The van der Waals surface area contributed by atoms with Gasteiger partial charge in [-0.2, -0.15) is 5.26 Å². The van der Waals surface area contributed by atoms with Crippen molar-refractivity contribution in [3.63, 3.8) is 0 Å². The molecule has 0 aromatic heterocycles. The Bertz CT molecular complexity index is 426. The van der Waals surface area contributed by atoms with Crippen LogP contribution in [0.2, 0.25) is 0 Å². The standard InChI is InChI=1S/C16H25N3O/c1-13(2)14(11-18)12-19-15-6-5-7-16(10-15)20-9-4-3-8-17/h5-7,10,13-14,19H,3-4,9,11-12,18H2,1-2H3. The highest BCUT2D eigenvalue weighted by Gasteiger charge is 2.10. The first-order valence-corrected chi connectivity index (χ1v) is 7.21. The number of hydrogen-bond donors (Lipinski definition) is 2. The molecule has 1 rings (SSSR count). The van der Waals surface area contributed by atoms with Crippen LogP contribution in [-0.4, -0.2) is 19.7 Å². The van der Waals surface area contributed by atoms with Gasteiger partial charge in [-0.05, 0) is 36.9 Å². The van der Waals surface area contributed by atoms with E-state index in [4.69, 9.17) is 15.7 Å². The van der Waals surface area contributed by atoms with Gasteiger partial charge in [0.2, 0.25) is 0 Å². The third-order valence-corrected chi connectivity index (χ3v) is 3.35. The minimum Gasteiger partial charge on any atom is -0.493 e. The van der Waals surface area contributed by atoms with E-state index in [-0.39, 0.29) is 0 Å². The molecule has 0 heterocycles. The molecule has 1 unspecified atom stereocenters. The zero-order chi connectivity index (χ0) is 14.8. The Morgan fingerprint density at radius 1 is 1.40 bits per heavy atom. The van der Waals surface area contributed by atoms with Crippen molar-refractivity contribution in [3.8, 4) is 11.8 Å².